The van der Waals surface area contributed by atoms with Crippen LogP contribution >= 0.6 is 0 Å². The van der Waals surface area contributed by atoms with Gasteiger partial charge in [-0.25, -0.2) is 0 Å². The van der Waals surface area contributed by atoms with Gasteiger partial charge in [0.1, 0.15) is 0 Å². The molecular formula is C24H38N2O5. The fraction of sp³-hybridized carbons (Fsp3) is 0.667. The summed E-state index contributed by atoms with van der Waals surface area (Å²) in [5.41, 5.74) is 1.41. The number of ether oxygens (including phenoxy) is 1. The molecule has 3 rings (SSSR count). The van der Waals surface area contributed by atoms with E-state index in [-0.39, 0.29) is 23.7 Å². The Kier molecular flexibility index (Phi) is 10.4. The maximum atomic E-state index is 12.9. The summed E-state index contributed by atoms with van der Waals surface area (Å²) < 4.78 is 5.75. The molecule has 0 saturated carbocycles. The van der Waals surface area contributed by atoms with Crippen LogP contribution in [0.25, 0.3) is 0 Å². The molecule has 31 heavy (non-hydrogen) atoms. The lowest BCUT2D eigenvalue weighted by molar-refractivity contribution is -0.141. The van der Waals surface area contributed by atoms with Crippen LogP contribution in [0.15, 0.2) is 30.3 Å². The highest BCUT2D eigenvalue weighted by atomic mass is 16.5. The van der Waals surface area contributed by atoms with Gasteiger partial charge in [-0.3, -0.25) is 9.59 Å². The molecule has 1 aromatic carbocycles. The zero-order valence-electron chi connectivity index (χ0n) is 18.9. The Morgan fingerprint density at radius 1 is 1.23 bits per heavy atom. The number of piperidine rings is 1. The van der Waals surface area contributed by atoms with Crippen LogP contribution in [-0.2, 0) is 20.9 Å². The van der Waals surface area contributed by atoms with Crippen LogP contribution in [0.2, 0.25) is 0 Å². The molecule has 174 valence electrons. The molecule has 2 aliphatic rings. The van der Waals surface area contributed by atoms with E-state index in [1.165, 1.54) is 5.56 Å². The van der Waals surface area contributed by atoms with Crippen LogP contribution in [0.4, 0.5) is 0 Å². The van der Waals surface area contributed by atoms with Gasteiger partial charge in [-0.15, -0.1) is 0 Å². The third-order valence-electron chi connectivity index (χ3n) is 6.09. The number of carbonyl (C=O) groups is 2. The van der Waals surface area contributed by atoms with Crippen molar-refractivity contribution in [1.29, 1.82) is 0 Å². The third-order valence-corrected chi connectivity index (χ3v) is 6.09. The molecule has 0 unspecified atom stereocenters. The van der Waals surface area contributed by atoms with Gasteiger partial charge in [0, 0.05) is 32.8 Å². The van der Waals surface area contributed by atoms with E-state index in [0.717, 1.165) is 52.0 Å². The van der Waals surface area contributed by atoms with Crippen LogP contribution in [-0.4, -0.2) is 77.8 Å². The fourth-order valence-corrected chi connectivity index (χ4v) is 4.29. The number of rotatable bonds is 8. The molecule has 2 N–H and O–H groups in total. The molecule has 2 aliphatic heterocycles. The van der Waals surface area contributed by atoms with E-state index in [2.05, 4.69) is 30.9 Å². The molecule has 0 aromatic heterocycles. The Morgan fingerprint density at radius 3 is 2.58 bits per heavy atom. The normalized spacial score (nSPS) is 23.1. The van der Waals surface area contributed by atoms with Crippen molar-refractivity contribution in [2.45, 2.75) is 52.2 Å². The maximum absolute atomic E-state index is 12.9. The molecule has 2 heterocycles. The minimum Gasteiger partial charge on any atom is -0.483 e. The summed E-state index contributed by atoms with van der Waals surface area (Å²) in [7, 11) is 0. The lowest BCUT2D eigenvalue weighted by Crippen LogP contribution is -2.51. The molecule has 1 aromatic rings. The lowest BCUT2D eigenvalue weighted by Gasteiger charge is -2.37. The van der Waals surface area contributed by atoms with Crippen molar-refractivity contribution < 1.29 is 24.5 Å². The van der Waals surface area contributed by atoms with Crippen molar-refractivity contribution in [2.24, 2.45) is 11.3 Å². The van der Waals surface area contributed by atoms with Crippen LogP contribution in [0.3, 0.4) is 0 Å². The van der Waals surface area contributed by atoms with Crippen LogP contribution < -0.4 is 0 Å². The highest BCUT2D eigenvalue weighted by Gasteiger charge is 2.39. The van der Waals surface area contributed by atoms with E-state index in [9.17, 15) is 9.90 Å². The number of carbonyl (C=O) groups excluding carboxylic acids is 1. The number of amides is 1. The molecule has 2 fully saturated rings. The minimum absolute atomic E-state index is 0.147. The number of carboxylic acid groups (broad SMARTS) is 1. The summed E-state index contributed by atoms with van der Waals surface area (Å²) in [6, 6.07) is 10.2. The molecule has 1 amide bonds. The number of aliphatic hydroxyl groups is 1. The monoisotopic (exact) mass is 434 g/mol. The van der Waals surface area contributed by atoms with Gasteiger partial charge in [-0.1, -0.05) is 44.2 Å². The van der Waals surface area contributed by atoms with Gasteiger partial charge >= 0.3 is 0 Å². The molecule has 2 saturated heterocycles. The number of benzene rings is 1. The topological polar surface area (TPSA) is 90.3 Å². The van der Waals surface area contributed by atoms with Gasteiger partial charge in [-0.2, -0.15) is 0 Å². The van der Waals surface area contributed by atoms with Gasteiger partial charge < -0.3 is 24.7 Å². The van der Waals surface area contributed by atoms with Crippen LogP contribution in [0, 0.1) is 11.3 Å². The van der Waals surface area contributed by atoms with E-state index < -0.39 is 6.10 Å². The summed E-state index contributed by atoms with van der Waals surface area (Å²) in [6.07, 6.45) is 3.32. The van der Waals surface area contributed by atoms with Crippen molar-refractivity contribution in [3.63, 3.8) is 0 Å². The second kappa shape index (κ2) is 12.8. The fourth-order valence-electron chi connectivity index (χ4n) is 4.29. The number of nitrogens with zero attached hydrogens (tertiary/aromatic N) is 2. The molecule has 0 radical (unpaired) electrons. The first-order valence-corrected chi connectivity index (χ1v) is 11.2. The largest absolute Gasteiger partial charge is 0.483 e. The third kappa shape index (κ3) is 8.59. The highest BCUT2D eigenvalue weighted by molar-refractivity contribution is 5.80. The predicted octanol–water partition coefficient (Wildman–Crippen LogP) is 2.63. The van der Waals surface area contributed by atoms with Crippen molar-refractivity contribution in [3.05, 3.63) is 35.9 Å². The molecule has 0 spiro atoms. The van der Waals surface area contributed by atoms with E-state index >= 15 is 0 Å². The Labute approximate surface area is 186 Å². The first kappa shape index (κ1) is 25.3. The Morgan fingerprint density at radius 2 is 1.94 bits per heavy atom. The molecular weight excluding hydrogens is 396 g/mol. The number of unbranched alkanes of at least 4 members (excludes halogenated alkanes) is 1. The number of hydrogen-bond acceptors (Lipinski definition) is 5. The quantitative estimate of drug-likeness (QED) is 0.483. The zero-order chi connectivity index (χ0) is 22.7. The van der Waals surface area contributed by atoms with E-state index in [1.807, 2.05) is 23.1 Å². The van der Waals surface area contributed by atoms with Crippen molar-refractivity contribution in [3.8, 4) is 0 Å². The molecule has 2 atom stereocenters. The maximum Gasteiger partial charge on any atom is 0.290 e. The first-order chi connectivity index (χ1) is 14.9. The average Bonchev–Trinajstić information content (AvgIpc) is 3.12. The van der Waals surface area contributed by atoms with Gasteiger partial charge in [-0.05, 0) is 43.2 Å². The Balaban J connectivity index is 0.00000107. The van der Waals surface area contributed by atoms with Gasteiger partial charge in [0.25, 0.3) is 6.47 Å². The summed E-state index contributed by atoms with van der Waals surface area (Å²) >= 11 is 0. The Bertz CT molecular complexity index is 667. The smallest absolute Gasteiger partial charge is 0.290 e. The standard InChI is InChI=1S/C23H36N2O3.CH2O2/c1-23(2)11-14-25(18-23)22(27)20-16-24(13-10-21(20)26)12-6-7-15-28-17-19-8-4-3-5-9-19;2-1-3/h3-5,8-9,20-21,26H,6-7,10-18H2,1-2H3;1H,(H,2,3)/t20-,21+;/m0./s1. The lowest BCUT2D eigenvalue weighted by atomic mass is 9.92. The van der Waals surface area contributed by atoms with Gasteiger partial charge in [0.15, 0.2) is 0 Å². The zero-order valence-corrected chi connectivity index (χ0v) is 18.9. The van der Waals surface area contributed by atoms with E-state index in [4.69, 9.17) is 14.6 Å². The summed E-state index contributed by atoms with van der Waals surface area (Å²) in [4.78, 5) is 25.6. The predicted molar refractivity (Wildman–Crippen MR) is 120 cm³/mol. The number of hydrogen-bond donors (Lipinski definition) is 2. The van der Waals surface area contributed by atoms with Crippen LogP contribution in [0.5, 0.6) is 0 Å². The molecule has 7 nitrogen and oxygen atoms in total. The average molecular weight is 435 g/mol. The van der Waals surface area contributed by atoms with Gasteiger partial charge in [0.2, 0.25) is 5.91 Å². The molecule has 7 heteroatoms. The van der Waals surface area contributed by atoms with E-state index in [0.29, 0.717) is 19.6 Å². The van der Waals surface area contributed by atoms with Gasteiger partial charge in [0.05, 0.1) is 18.6 Å². The number of aliphatic hydroxyl groups excluding tert-OH is 1. The summed E-state index contributed by atoms with van der Waals surface area (Å²) in [6.45, 7) is 9.77. The second-order valence-electron chi connectivity index (χ2n) is 9.29. The number of likely N-dealkylation sites (tertiary alicyclic amines) is 2. The van der Waals surface area contributed by atoms with Crippen molar-refractivity contribution >= 4 is 12.4 Å². The van der Waals surface area contributed by atoms with Crippen LogP contribution in [0.1, 0.15) is 45.1 Å². The summed E-state index contributed by atoms with van der Waals surface area (Å²) in [5, 5.41) is 17.3. The van der Waals surface area contributed by atoms with Crippen molar-refractivity contribution in [1.82, 2.24) is 9.80 Å². The molecule has 0 aliphatic carbocycles. The first-order valence-electron chi connectivity index (χ1n) is 11.2. The second-order valence-corrected chi connectivity index (χ2v) is 9.29. The Hall–Kier alpha value is -1.96. The minimum atomic E-state index is -0.498. The van der Waals surface area contributed by atoms with E-state index in [1.54, 1.807) is 0 Å². The molecule has 0 bridgehead atoms. The highest BCUT2D eigenvalue weighted by Crippen LogP contribution is 2.31. The SMILES string of the molecule is CC1(C)CCN(C(=O)[C@H]2CN(CCCCOCc3ccccc3)CC[C@H]2O)C1.O=CO. The summed E-state index contributed by atoms with van der Waals surface area (Å²) in [5.74, 6) is -0.119. The van der Waals surface area contributed by atoms with Crippen molar-refractivity contribution in [2.75, 3.05) is 39.3 Å².